The Morgan fingerprint density at radius 1 is 1.32 bits per heavy atom. The van der Waals surface area contributed by atoms with Gasteiger partial charge >= 0.3 is 12.0 Å². The monoisotopic (exact) mass is 465 g/mol. The van der Waals surface area contributed by atoms with E-state index in [4.69, 9.17) is 9.84 Å². The number of ether oxygens (including phenoxy) is 1. The average molecular weight is 466 g/mol. The zero-order valence-corrected chi connectivity index (χ0v) is 19.6. The van der Waals surface area contributed by atoms with Gasteiger partial charge in [-0.2, -0.15) is 0 Å². The molecule has 2 aliphatic rings. The van der Waals surface area contributed by atoms with Crippen molar-refractivity contribution in [3.05, 3.63) is 30.0 Å². The second kappa shape index (κ2) is 12.3. The molecule has 0 saturated heterocycles. The van der Waals surface area contributed by atoms with Gasteiger partial charge in [0, 0.05) is 19.7 Å². The van der Waals surface area contributed by atoms with E-state index >= 15 is 0 Å². The number of urea groups is 1. The van der Waals surface area contributed by atoms with Gasteiger partial charge in [0.1, 0.15) is 0 Å². The zero-order chi connectivity index (χ0) is 22.1. The second-order valence-electron chi connectivity index (χ2n) is 7.82. The molecule has 2 amide bonds. The number of carbonyl (C=O) groups excluding carboxylic acids is 1. The van der Waals surface area contributed by atoms with E-state index in [0.717, 1.165) is 55.6 Å². The number of carboxylic acid groups (broad SMARTS) is 1. The highest BCUT2D eigenvalue weighted by Crippen LogP contribution is 2.30. The van der Waals surface area contributed by atoms with Crippen LogP contribution >= 0.6 is 23.1 Å². The van der Waals surface area contributed by atoms with Crippen LogP contribution in [0.25, 0.3) is 0 Å². The molecule has 0 aromatic carbocycles. The van der Waals surface area contributed by atoms with E-state index in [9.17, 15) is 9.59 Å². The summed E-state index contributed by atoms with van der Waals surface area (Å²) < 4.78 is 6.27. The summed E-state index contributed by atoms with van der Waals surface area (Å²) in [6.45, 7) is 0.700. The van der Waals surface area contributed by atoms with Gasteiger partial charge in [0.2, 0.25) is 0 Å². The Hall–Kier alpha value is -1.84. The molecule has 0 radical (unpaired) electrons. The molecule has 0 unspecified atom stereocenters. The van der Waals surface area contributed by atoms with Crippen LogP contribution in [-0.4, -0.2) is 58.5 Å². The molecule has 170 valence electrons. The van der Waals surface area contributed by atoms with Crippen molar-refractivity contribution in [3.63, 3.8) is 0 Å². The number of hydrogen-bond donors (Lipinski definition) is 2. The number of rotatable bonds is 10. The molecule has 1 aromatic rings. The molecule has 1 fully saturated rings. The first-order valence-electron chi connectivity index (χ1n) is 10.8. The zero-order valence-electron chi connectivity index (χ0n) is 17.9. The number of methoxy groups -OCH3 is 1. The number of hydrogen-bond acceptors (Lipinski definition) is 6. The first-order chi connectivity index (χ1) is 15.0. The standard InChI is InChI=1S/C22H31N3O4S2/c1-29-18-11-9-17(10-12-18)25(13-5-8-16-6-3-2-4-7-16)22(28)24-21-23-14-20(31-21)30-15-19(26)27/h3,6-7,14,17-18H,2,4-5,8-13,15H2,1H3,(H,26,27)(H,23,24,28)/t17-,18-. The summed E-state index contributed by atoms with van der Waals surface area (Å²) in [6.07, 6.45) is 16.5. The van der Waals surface area contributed by atoms with Crippen LogP contribution in [0, 0.1) is 0 Å². The summed E-state index contributed by atoms with van der Waals surface area (Å²) >= 11 is 2.52. The summed E-state index contributed by atoms with van der Waals surface area (Å²) in [7, 11) is 1.75. The molecule has 7 nitrogen and oxygen atoms in total. The maximum Gasteiger partial charge on any atom is 0.323 e. The van der Waals surface area contributed by atoms with Crippen molar-refractivity contribution < 1.29 is 19.4 Å². The predicted octanol–water partition coefficient (Wildman–Crippen LogP) is 5.17. The number of aromatic nitrogens is 1. The van der Waals surface area contributed by atoms with E-state index in [1.54, 1.807) is 13.3 Å². The van der Waals surface area contributed by atoms with E-state index in [2.05, 4.69) is 28.5 Å². The van der Waals surface area contributed by atoms with Crippen LogP contribution in [0.15, 0.2) is 34.2 Å². The number of carboxylic acids is 1. The van der Waals surface area contributed by atoms with E-state index in [-0.39, 0.29) is 23.9 Å². The lowest BCUT2D eigenvalue weighted by Gasteiger charge is -2.36. The molecule has 1 saturated carbocycles. The van der Waals surface area contributed by atoms with E-state index in [1.165, 1.54) is 28.7 Å². The lowest BCUT2D eigenvalue weighted by molar-refractivity contribution is -0.133. The van der Waals surface area contributed by atoms with Crippen LogP contribution in [0.5, 0.6) is 0 Å². The minimum Gasteiger partial charge on any atom is -0.481 e. The molecule has 31 heavy (non-hydrogen) atoms. The largest absolute Gasteiger partial charge is 0.481 e. The Kier molecular flexibility index (Phi) is 9.42. The molecule has 2 N–H and O–H groups in total. The third kappa shape index (κ3) is 7.66. The van der Waals surface area contributed by atoms with Gasteiger partial charge in [0.25, 0.3) is 0 Å². The van der Waals surface area contributed by atoms with Crippen molar-refractivity contribution in [2.24, 2.45) is 0 Å². The number of aliphatic carboxylic acids is 1. The quantitative estimate of drug-likeness (QED) is 0.463. The van der Waals surface area contributed by atoms with Crippen molar-refractivity contribution >= 4 is 40.2 Å². The molecule has 0 aliphatic heterocycles. The van der Waals surface area contributed by atoms with Gasteiger partial charge < -0.3 is 14.7 Å². The molecule has 3 rings (SSSR count). The van der Waals surface area contributed by atoms with E-state index < -0.39 is 5.97 Å². The number of thioether (sulfide) groups is 1. The number of anilines is 1. The van der Waals surface area contributed by atoms with Crippen LogP contribution in [-0.2, 0) is 9.53 Å². The summed E-state index contributed by atoms with van der Waals surface area (Å²) in [4.78, 5) is 30.1. The molecule has 9 heteroatoms. The van der Waals surface area contributed by atoms with Gasteiger partial charge in [0.15, 0.2) is 5.13 Å². The number of allylic oxidation sites excluding steroid dienone is 4. The fourth-order valence-corrected chi connectivity index (χ4v) is 5.61. The first kappa shape index (κ1) is 23.8. The molecule has 0 bridgehead atoms. The predicted molar refractivity (Wildman–Crippen MR) is 125 cm³/mol. The maximum absolute atomic E-state index is 13.1. The van der Waals surface area contributed by atoms with Crippen LogP contribution < -0.4 is 5.32 Å². The highest BCUT2D eigenvalue weighted by molar-refractivity contribution is 8.01. The van der Waals surface area contributed by atoms with Gasteiger partial charge in [-0.15, -0.1) is 11.8 Å². The Bertz CT molecular complexity index is 800. The van der Waals surface area contributed by atoms with Crippen molar-refractivity contribution in [1.82, 2.24) is 9.88 Å². The van der Waals surface area contributed by atoms with Gasteiger partial charge in [-0.3, -0.25) is 10.1 Å². The van der Waals surface area contributed by atoms with Gasteiger partial charge in [-0.05, 0) is 51.4 Å². The Morgan fingerprint density at radius 3 is 2.81 bits per heavy atom. The van der Waals surface area contributed by atoms with E-state index in [0.29, 0.717) is 11.7 Å². The number of amides is 2. The topological polar surface area (TPSA) is 91.8 Å². The summed E-state index contributed by atoms with van der Waals surface area (Å²) in [6, 6.07) is 0.0706. The molecular formula is C22H31N3O4S2. The van der Waals surface area contributed by atoms with Gasteiger partial charge in [-0.1, -0.05) is 35.1 Å². The average Bonchev–Trinajstić information content (AvgIpc) is 3.23. The highest BCUT2D eigenvalue weighted by Gasteiger charge is 2.29. The molecule has 0 spiro atoms. The molecule has 2 aliphatic carbocycles. The summed E-state index contributed by atoms with van der Waals surface area (Å²) in [5.74, 6) is -0.890. The first-order valence-corrected chi connectivity index (χ1v) is 12.6. The Balaban J connectivity index is 1.59. The van der Waals surface area contributed by atoms with Crippen LogP contribution in [0.4, 0.5) is 9.93 Å². The summed E-state index contributed by atoms with van der Waals surface area (Å²) in [5.41, 5.74) is 1.36. The number of nitrogens with one attached hydrogen (secondary N) is 1. The Labute approximate surface area is 191 Å². The second-order valence-corrected chi connectivity index (χ2v) is 10.1. The van der Waals surface area contributed by atoms with Crippen molar-refractivity contribution in [3.8, 4) is 0 Å². The smallest absolute Gasteiger partial charge is 0.323 e. The number of thiazole rings is 1. The Morgan fingerprint density at radius 2 is 2.13 bits per heavy atom. The van der Waals surface area contributed by atoms with Crippen molar-refractivity contribution in [1.29, 1.82) is 0 Å². The fraction of sp³-hybridized carbons (Fsp3) is 0.591. The fourth-order valence-electron chi connectivity index (χ4n) is 4.03. The molecule has 1 heterocycles. The number of nitrogens with zero attached hydrogens (tertiary/aromatic N) is 2. The lowest BCUT2D eigenvalue weighted by atomic mass is 9.91. The van der Waals surface area contributed by atoms with Gasteiger partial charge in [-0.25, -0.2) is 9.78 Å². The lowest BCUT2D eigenvalue weighted by Crippen LogP contribution is -2.45. The molecule has 0 atom stereocenters. The third-order valence-electron chi connectivity index (χ3n) is 5.65. The van der Waals surface area contributed by atoms with Crippen LogP contribution in [0.3, 0.4) is 0 Å². The highest BCUT2D eigenvalue weighted by atomic mass is 32.2. The SMILES string of the molecule is CO[C@H]1CC[C@H](N(CCCC2=CCCC=C2)C(=O)Nc2ncc(SCC(=O)O)s2)CC1. The van der Waals surface area contributed by atoms with E-state index in [1.807, 2.05) is 4.90 Å². The molecule has 1 aromatic heterocycles. The minimum absolute atomic E-state index is 0.0191. The normalized spacial score (nSPS) is 20.9. The molecular weight excluding hydrogens is 434 g/mol. The summed E-state index contributed by atoms with van der Waals surface area (Å²) in [5, 5.41) is 12.3. The van der Waals surface area contributed by atoms with Gasteiger partial charge in [0.05, 0.1) is 22.3 Å². The van der Waals surface area contributed by atoms with Crippen LogP contribution in [0.1, 0.15) is 51.4 Å². The maximum atomic E-state index is 13.1. The number of carbonyl (C=O) groups is 2. The van der Waals surface area contributed by atoms with Crippen LogP contribution in [0.2, 0.25) is 0 Å². The third-order valence-corrected chi connectivity index (χ3v) is 7.74. The minimum atomic E-state index is -0.871. The van der Waals surface area contributed by atoms with Crippen molar-refractivity contribution in [2.45, 2.75) is 67.7 Å². The van der Waals surface area contributed by atoms with Crippen molar-refractivity contribution in [2.75, 3.05) is 24.7 Å².